The molecule has 23 heavy (non-hydrogen) atoms. The molecule has 0 heterocycles. The Morgan fingerprint density at radius 2 is 1.13 bits per heavy atom. The fraction of sp³-hybridized carbons (Fsp3) is 0.250. The summed E-state index contributed by atoms with van der Waals surface area (Å²) in [6.45, 7) is 3.23. The van der Waals surface area contributed by atoms with E-state index < -0.39 is 29.3 Å². The zero-order valence-corrected chi connectivity index (χ0v) is 12.2. The second kappa shape index (κ2) is 7.02. The van der Waals surface area contributed by atoms with Gasteiger partial charge in [0.15, 0.2) is 0 Å². The molecule has 0 aromatic heterocycles. The third-order valence-corrected chi connectivity index (χ3v) is 2.81. The molecule has 7 heteroatoms. The largest absolute Gasteiger partial charge is 0.419 e. The number of rotatable bonds is 0. The molecule has 0 atom stereocenters. The number of hydrogen-bond donors (Lipinski definition) is 0. The Hall–Kier alpha value is -2.05. The maximum atomic E-state index is 12.5. The Morgan fingerprint density at radius 1 is 0.652 bits per heavy atom. The molecule has 2 rings (SSSR count). The minimum absolute atomic E-state index is 0.392. The summed E-state index contributed by atoms with van der Waals surface area (Å²) >= 11 is 0. The van der Waals surface area contributed by atoms with Crippen LogP contribution in [0.1, 0.15) is 22.3 Å². The standard InChI is InChI=1S/C8H6F4.C8H7F3/c1-5-2-3-7(9)6(4-5)8(10,11)12;1-6-2-4-7(5-3-6)8(9,10)11/h2-4H,1H3;2-5H,1H3. The SMILES string of the molecule is Cc1ccc(C(F)(F)F)cc1.Cc1ccc(F)c(C(F)(F)F)c1. The summed E-state index contributed by atoms with van der Waals surface area (Å²) in [6, 6.07) is 7.95. The van der Waals surface area contributed by atoms with Gasteiger partial charge in [0.25, 0.3) is 0 Å². The summed E-state index contributed by atoms with van der Waals surface area (Å²) in [5, 5.41) is 0. The van der Waals surface area contributed by atoms with E-state index in [4.69, 9.17) is 0 Å². The van der Waals surface area contributed by atoms with E-state index in [2.05, 4.69) is 0 Å². The van der Waals surface area contributed by atoms with Crippen molar-refractivity contribution in [3.8, 4) is 0 Å². The first-order valence-corrected chi connectivity index (χ1v) is 6.38. The summed E-state index contributed by atoms with van der Waals surface area (Å²) in [4.78, 5) is 0. The van der Waals surface area contributed by atoms with Crippen LogP contribution in [0.3, 0.4) is 0 Å². The minimum atomic E-state index is -4.60. The monoisotopic (exact) mass is 338 g/mol. The van der Waals surface area contributed by atoms with Crippen molar-refractivity contribution in [2.75, 3.05) is 0 Å². The van der Waals surface area contributed by atoms with Crippen LogP contribution in [0.2, 0.25) is 0 Å². The molecule has 0 unspecified atom stereocenters. The molecule has 0 radical (unpaired) electrons. The highest BCUT2D eigenvalue weighted by Gasteiger charge is 2.33. The molecule has 2 aromatic carbocycles. The number of alkyl halides is 6. The summed E-state index contributed by atoms with van der Waals surface area (Å²) in [5.74, 6) is -1.23. The predicted octanol–water partition coefficient (Wildman–Crippen LogP) is 6.17. The van der Waals surface area contributed by atoms with E-state index in [-0.39, 0.29) is 0 Å². The Morgan fingerprint density at radius 3 is 1.52 bits per heavy atom. The maximum Gasteiger partial charge on any atom is 0.419 e. The van der Waals surface area contributed by atoms with Crippen LogP contribution < -0.4 is 0 Å². The van der Waals surface area contributed by atoms with Crippen LogP contribution in [0.5, 0.6) is 0 Å². The topological polar surface area (TPSA) is 0 Å². The lowest BCUT2D eigenvalue weighted by Crippen LogP contribution is -2.08. The second-order valence-electron chi connectivity index (χ2n) is 4.84. The first-order chi connectivity index (χ1) is 10.4. The highest BCUT2D eigenvalue weighted by atomic mass is 19.4. The van der Waals surface area contributed by atoms with Crippen LogP contribution in [-0.2, 0) is 12.4 Å². The molecule has 126 valence electrons. The van der Waals surface area contributed by atoms with Gasteiger partial charge in [0, 0.05) is 0 Å². The van der Waals surface area contributed by atoms with Crippen LogP contribution in [0.25, 0.3) is 0 Å². The summed E-state index contributed by atoms with van der Waals surface area (Å²) in [6.07, 6.45) is -8.82. The highest BCUT2D eigenvalue weighted by Crippen LogP contribution is 2.31. The second-order valence-corrected chi connectivity index (χ2v) is 4.84. The van der Waals surface area contributed by atoms with Crippen LogP contribution in [0, 0.1) is 19.7 Å². The Bertz CT molecular complexity index is 637. The van der Waals surface area contributed by atoms with Crippen molar-refractivity contribution in [3.63, 3.8) is 0 Å². The molecule has 0 saturated heterocycles. The van der Waals surface area contributed by atoms with E-state index in [1.165, 1.54) is 25.1 Å². The molecule has 0 amide bonds. The first-order valence-electron chi connectivity index (χ1n) is 6.38. The van der Waals surface area contributed by atoms with Gasteiger partial charge in [-0.15, -0.1) is 0 Å². The van der Waals surface area contributed by atoms with Crippen molar-refractivity contribution >= 4 is 0 Å². The van der Waals surface area contributed by atoms with Gasteiger partial charge in [-0.3, -0.25) is 0 Å². The minimum Gasteiger partial charge on any atom is -0.206 e. The summed E-state index contributed by atoms with van der Waals surface area (Å²) in [5.41, 5.74) is -0.577. The van der Waals surface area contributed by atoms with Crippen molar-refractivity contribution in [1.29, 1.82) is 0 Å². The Labute approximate surface area is 128 Å². The molecule has 0 spiro atoms. The molecule has 0 fully saturated rings. The zero-order chi connectivity index (χ0) is 17.8. The fourth-order valence-electron chi connectivity index (χ4n) is 1.60. The molecule has 0 aliphatic rings. The van der Waals surface area contributed by atoms with E-state index in [1.807, 2.05) is 0 Å². The van der Waals surface area contributed by atoms with Crippen LogP contribution in [-0.4, -0.2) is 0 Å². The number of halogens is 7. The highest BCUT2D eigenvalue weighted by molar-refractivity contribution is 5.26. The lowest BCUT2D eigenvalue weighted by molar-refractivity contribution is -0.140. The first kappa shape index (κ1) is 19.0. The van der Waals surface area contributed by atoms with Crippen LogP contribution in [0.4, 0.5) is 30.7 Å². The molecule has 0 N–H and O–H groups in total. The van der Waals surface area contributed by atoms with Gasteiger partial charge in [-0.05, 0) is 38.1 Å². The van der Waals surface area contributed by atoms with Gasteiger partial charge in [-0.25, -0.2) is 4.39 Å². The van der Waals surface area contributed by atoms with E-state index >= 15 is 0 Å². The number of aryl methyl sites for hydroxylation is 2. The lowest BCUT2D eigenvalue weighted by atomic mass is 10.1. The number of benzene rings is 2. The molecular formula is C16H13F7. The van der Waals surface area contributed by atoms with E-state index in [1.54, 1.807) is 6.92 Å². The van der Waals surface area contributed by atoms with Crippen molar-refractivity contribution in [3.05, 3.63) is 70.5 Å². The van der Waals surface area contributed by atoms with Gasteiger partial charge in [-0.1, -0.05) is 29.3 Å². The molecule has 0 saturated carbocycles. The quantitative estimate of drug-likeness (QED) is 0.504. The molecule has 0 nitrogen and oxygen atoms in total. The molecular weight excluding hydrogens is 325 g/mol. The Balaban J connectivity index is 0.000000231. The predicted molar refractivity (Wildman–Crippen MR) is 72.3 cm³/mol. The van der Waals surface area contributed by atoms with E-state index in [9.17, 15) is 30.7 Å². The molecule has 0 aliphatic heterocycles. The van der Waals surface area contributed by atoms with Gasteiger partial charge in [-0.2, -0.15) is 26.3 Å². The third kappa shape index (κ3) is 5.92. The maximum absolute atomic E-state index is 12.5. The summed E-state index contributed by atoms with van der Waals surface area (Å²) in [7, 11) is 0. The normalized spacial score (nSPS) is 11.7. The number of hydrogen-bond acceptors (Lipinski definition) is 0. The zero-order valence-electron chi connectivity index (χ0n) is 12.2. The molecule has 2 aromatic rings. The van der Waals surface area contributed by atoms with Crippen molar-refractivity contribution < 1.29 is 30.7 Å². The molecule has 0 bridgehead atoms. The van der Waals surface area contributed by atoms with Crippen molar-refractivity contribution in [2.45, 2.75) is 26.2 Å². The third-order valence-electron chi connectivity index (χ3n) is 2.81. The van der Waals surface area contributed by atoms with E-state index in [0.717, 1.165) is 29.8 Å². The van der Waals surface area contributed by atoms with Gasteiger partial charge in [0.1, 0.15) is 5.82 Å². The van der Waals surface area contributed by atoms with Gasteiger partial charge >= 0.3 is 12.4 Å². The summed E-state index contributed by atoms with van der Waals surface area (Å²) < 4.78 is 84.3. The van der Waals surface area contributed by atoms with Gasteiger partial charge in [0.05, 0.1) is 11.1 Å². The fourth-order valence-corrected chi connectivity index (χ4v) is 1.60. The smallest absolute Gasteiger partial charge is 0.206 e. The Kier molecular flexibility index (Phi) is 5.80. The van der Waals surface area contributed by atoms with E-state index in [0.29, 0.717) is 5.56 Å². The van der Waals surface area contributed by atoms with Crippen LogP contribution >= 0.6 is 0 Å². The average molecular weight is 338 g/mol. The van der Waals surface area contributed by atoms with Crippen molar-refractivity contribution in [1.82, 2.24) is 0 Å². The van der Waals surface area contributed by atoms with Crippen molar-refractivity contribution in [2.24, 2.45) is 0 Å². The molecule has 0 aliphatic carbocycles. The average Bonchev–Trinajstić information content (AvgIpc) is 2.40. The van der Waals surface area contributed by atoms with Gasteiger partial charge in [0.2, 0.25) is 0 Å². The van der Waals surface area contributed by atoms with Crippen LogP contribution in [0.15, 0.2) is 42.5 Å². The lowest BCUT2D eigenvalue weighted by Gasteiger charge is -2.07. The van der Waals surface area contributed by atoms with Gasteiger partial charge < -0.3 is 0 Å².